The third kappa shape index (κ3) is 3.59. The minimum Gasteiger partial charge on any atom is -0.390 e. The van der Waals surface area contributed by atoms with Gasteiger partial charge in [-0.05, 0) is 91.7 Å². The Kier molecular flexibility index (Phi) is 4.94. The van der Waals surface area contributed by atoms with E-state index in [1.165, 1.54) is 60.3 Å². The van der Waals surface area contributed by atoms with E-state index >= 15 is 0 Å². The Hall–Kier alpha value is -0.880. The number of aliphatic hydroxyl groups excluding tert-OH is 1. The molecule has 7 rings (SSSR count). The molecule has 5 heteroatoms. The van der Waals surface area contributed by atoms with Gasteiger partial charge < -0.3 is 15.0 Å². The fourth-order valence-electron chi connectivity index (χ4n) is 8.50. The fraction of sp³-hybridized carbons (Fsp3) is 0.556. The molecule has 4 fully saturated rings. The van der Waals surface area contributed by atoms with Crippen molar-refractivity contribution in [2.75, 3.05) is 6.54 Å². The highest BCUT2D eigenvalue weighted by Crippen LogP contribution is 2.66. The first-order valence-corrected chi connectivity index (χ1v) is 13.5. The normalized spacial score (nSPS) is 34.6. The molecule has 0 radical (unpaired) electrons. The first kappa shape index (κ1) is 21.6. The standard InChI is InChI=1S/C27H32Br2N2O/c1-25-9-17-10-26(2,14-25)16-27(11-17,15-25)30-12-20(32)13-31-23-5-3-18(28)7-21(23)22-8-19(29)4-6-24(22)31/h3-8,17,20,30,32H,9-16H2,1-2H3. The van der Waals surface area contributed by atoms with E-state index in [0.29, 0.717) is 23.9 Å². The monoisotopic (exact) mass is 558 g/mol. The van der Waals surface area contributed by atoms with Crippen LogP contribution in [0.2, 0.25) is 0 Å². The quantitative estimate of drug-likeness (QED) is 0.352. The average molecular weight is 560 g/mol. The molecule has 3 atom stereocenters. The maximum Gasteiger partial charge on any atom is 0.0843 e. The van der Waals surface area contributed by atoms with Crippen molar-refractivity contribution in [3.05, 3.63) is 45.3 Å². The highest BCUT2D eigenvalue weighted by molar-refractivity contribution is 9.10. The van der Waals surface area contributed by atoms with Crippen molar-refractivity contribution in [2.45, 2.75) is 70.6 Å². The Bertz CT molecular complexity index is 1140. The number of nitrogens with zero attached hydrogens (tertiary/aromatic N) is 1. The van der Waals surface area contributed by atoms with Crippen LogP contribution >= 0.6 is 31.9 Å². The molecule has 4 saturated carbocycles. The van der Waals surface area contributed by atoms with E-state index in [1.54, 1.807) is 0 Å². The number of nitrogens with one attached hydrogen (secondary N) is 1. The smallest absolute Gasteiger partial charge is 0.0843 e. The fourth-order valence-corrected chi connectivity index (χ4v) is 9.22. The number of aliphatic hydroxyl groups is 1. The van der Waals surface area contributed by atoms with Crippen LogP contribution in [0.4, 0.5) is 0 Å². The van der Waals surface area contributed by atoms with Gasteiger partial charge in [0.25, 0.3) is 0 Å². The van der Waals surface area contributed by atoms with Crippen molar-refractivity contribution in [2.24, 2.45) is 16.7 Å². The largest absolute Gasteiger partial charge is 0.390 e. The molecular weight excluding hydrogens is 528 g/mol. The van der Waals surface area contributed by atoms with Crippen LogP contribution < -0.4 is 5.32 Å². The summed E-state index contributed by atoms with van der Waals surface area (Å²) in [6, 6.07) is 12.9. The topological polar surface area (TPSA) is 37.2 Å². The second kappa shape index (κ2) is 7.31. The molecule has 0 aliphatic heterocycles. The maximum absolute atomic E-state index is 11.2. The Labute approximate surface area is 207 Å². The minimum absolute atomic E-state index is 0.223. The van der Waals surface area contributed by atoms with Crippen LogP contribution in [0.25, 0.3) is 21.8 Å². The summed E-state index contributed by atoms with van der Waals surface area (Å²) < 4.78 is 4.45. The lowest BCUT2D eigenvalue weighted by Crippen LogP contribution is -2.65. The van der Waals surface area contributed by atoms with E-state index in [4.69, 9.17) is 0 Å². The van der Waals surface area contributed by atoms with Gasteiger partial charge in [0.1, 0.15) is 0 Å². The average Bonchev–Trinajstić information content (AvgIpc) is 2.96. The maximum atomic E-state index is 11.2. The van der Waals surface area contributed by atoms with E-state index in [-0.39, 0.29) is 5.54 Å². The molecule has 4 bridgehead atoms. The number of aromatic nitrogens is 1. The molecular formula is C27H32Br2N2O. The van der Waals surface area contributed by atoms with Crippen molar-refractivity contribution in [3.63, 3.8) is 0 Å². The molecule has 0 spiro atoms. The molecule has 2 N–H and O–H groups in total. The molecule has 3 nitrogen and oxygen atoms in total. The summed E-state index contributed by atoms with van der Waals surface area (Å²) in [5.74, 6) is 0.861. The lowest BCUT2D eigenvalue weighted by atomic mass is 9.43. The summed E-state index contributed by atoms with van der Waals surface area (Å²) >= 11 is 7.25. The first-order chi connectivity index (χ1) is 15.1. The van der Waals surface area contributed by atoms with Crippen molar-refractivity contribution in [1.29, 1.82) is 0 Å². The highest BCUT2D eigenvalue weighted by atomic mass is 79.9. The number of β-amino-alcohol motifs (C(OH)–C–C–N with tert-alkyl or cyclic N) is 1. The Morgan fingerprint density at radius 1 is 0.938 bits per heavy atom. The van der Waals surface area contributed by atoms with Crippen LogP contribution in [-0.4, -0.2) is 27.9 Å². The van der Waals surface area contributed by atoms with Gasteiger partial charge in [-0.3, -0.25) is 0 Å². The zero-order chi connectivity index (χ0) is 22.3. The van der Waals surface area contributed by atoms with Crippen molar-refractivity contribution < 1.29 is 5.11 Å². The highest BCUT2D eigenvalue weighted by Gasteiger charge is 2.59. The molecule has 170 valence electrons. The van der Waals surface area contributed by atoms with Gasteiger partial charge in [-0.15, -0.1) is 0 Å². The lowest BCUT2D eigenvalue weighted by molar-refractivity contribution is -0.119. The number of hydrogen-bond acceptors (Lipinski definition) is 2. The van der Waals surface area contributed by atoms with Crippen LogP contribution in [-0.2, 0) is 6.54 Å². The van der Waals surface area contributed by atoms with E-state index in [1.807, 2.05) is 0 Å². The third-order valence-electron chi connectivity index (χ3n) is 8.52. The van der Waals surface area contributed by atoms with Crippen LogP contribution in [0.5, 0.6) is 0 Å². The minimum atomic E-state index is -0.422. The van der Waals surface area contributed by atoms with Gasteiger partial charge in [0.2, 0.25) is 0 Å². The number of halogens is 2. The second-order valence-electron chi connectivity index (χ2n) is 11.9. The zero-order valence-corrected chi connectivity index (χ0v) is 22.1. The van der Waals surface area contributed by atoms with Crippen molar-refractivity contribution >= 4 is 53.7 Å². The van der Waals surface area contributed by atoms with Gasteiger partial charge in [-0.2, -0.15) is 0 Å². The van der Waals surface area contributed by atoms with Gasteiger partial charge in [0.15, 0.2) is 0 Å². The summed E-state index contributed by atoms with van der Waals surface area (Å²) in [7, 11) is 0. The van der Waals surface area contributed by atoms with Gasteiger partial charge in [-0.1, -0.05) is 45.7 Å². The molecule has 0 saturated heterocycles. The molecule has 32 heavy (non-hydrogen) atoms. The molecule has 4 aliphatic carbocycles. The molecule has 3 unspecified atom stereocenters. The van der Waals surface area contributed by atoms with Crippen LogP contribution in [0.1, 0.15) is 52.4 Å². The van der Waals surface area contributed by atoms with Gasteiger partial charge in [0, 0.05) is 42.8 Å². The van der Waals surface area contributed by atoms with E-state index in [0.717, 1.165) is 14.9 Å². The van der Waals surface area contributed by atoms with Crippen LogP contribution in [0.15, 0.2) is 45.3 Å². The predicted molar refractivity (Wildman–Crippen MR) is 139 cm³/mol. The van der Waals surface area contributed by atoms with Crippen molar-refractivity contribution in [3.8, 4) is 0 Å². The SMILES string of the molecule is CC12CC3CC(C)(C1)CC(NCC(O)Cn1c4ccc(Br)cc4c4cc(Br)ccc41)(C3)C2. The number of benzene rings is 2. The third-order valence-corrected chi connectivity index (χ3v) is 9.51. The molecule has 1 aromatic heterocycles. The van der Waals surface area contributed by atoms with Gasteiger partial charge in [-0.25, -0.2) is 0 Å². The van der Waals surface area contributed by atoms with Crippen LogP contribution in [0.3, 0.4) is 0 Å². The van der Waals surface area contributed by atoms with E-state index in [2.05, 4.69) is 92.0 Å². The Morgan fingerprint density at radius 3 is 2.03 bits per heavy atom. The zero-order valence-electron chi connectivity index (χ0n) is 18.9. The Balaban J connectivity index is 1.26. The van der Waals surface area contributed by atoms with Gasteiger partial charge in [0.05, 0.1) is 12.6 Å². The summed E-state index contributed by atoms with van der Waals surface area (Å²) in [6.45, 7) is 6.28. The predicted octanol–water partition coefficient (Wildman–Crippen LogP) is 7.02. The second-order valence-corrected chi connectivity index (χ2v) is 13.7. The summed E-state index contributed by atoms with van der Waals surface area (Å²) in [6.07, 6.45) is 7.61. The summed E-state index contributed by atoms with van der Waals surface area (Å²) in [5.41, 5.74) is 3.55. The number of hydrogen-bond donors (Lipinski definition) is 2. The molecule has 1 heterocycles. The lowest BCUT2D eigenvalue weighted by Gasteiger charge is -2.65. The Morgan fingerprint density at radius 2 is 1.50 bits per heavy atom. The number of fused-ring (bicyclic) bond motifs is 3. The summed E-state index contributed by atoms with van der Waals surface area (Å²) in [5, 5.41) is 17.5. The van der Waals surface area contributed by atoms with E-state index < -0.39 is 6.10 Å². The van der Waals surface area contributed by atoms with Crippen LogP contribution in [0, 0.1) is 16.7 Å². The molecule has 4 aliphatic rings. The van der Waals surface area contributed by atoms with Gasteiger partial charge >= 0.3 is 0 Å². The molecule has 2 aromatic carbocycles. The summed E-state index contributed by atoms with van der Waals surface area (Å²) in [4.78, 5) is 0. The molecule has 3 aromatic rings. The first-order valence-electron chi connectivity index (χ1n) is 12.0. The number of rotatable bonds is 5. The van der Waals surface area contributed by atoms with Crippen molar-refractivity contribution in [1.82, 2.24) is 9.88 Å². The molecule has 0 amide bonds. The van der Waals surface area contributed by atoms with E-state index in [9.17, 15) is 5.11 Å².